The number of hydrogen-bond acceptors (Lipinski definition) is 6. The maximum atomic E-state index is 13.0. The molecular weight excluding hydrogens is 395 g/mol. The van der Waals surface area contributed by atoms with E-state index in [0.717, 1.165) is 5.69 Å². The van der Waals surface area contributed by atoms with Crippen LogP contribution in [0.15, 0.2) is 36.4 Å². The smallest absolute Gasteiger partial charge is 0.239 e. The number of sulfonamides is 1. The summed E-state index contributed by atoms with van der Waals surface area (Å²) in [5.41, 5.74) is 1.67. The summed E-state index contributed by atoms with van der Waals surface area (Å²) < 4.78 is 39.6. The summed E-state index contributed by atoms with van der Waals surface area (Å²) >= 11 is 0. The standard InChI is InChI=1S/C20H21FN4O3S/c1-14-2-5-17(12-22)19(23-14)25-10-8-16(9-11-25)20(26)24-29(27,28)13-15-3-6-18(21)7-4-15/h2-7,16H,8-11,13H2,1H3,(H,24,26). The Morgan fingerprint density at radius 1 is 1.24 bits per heavy atom. The summed E-state index contributed by atoms with van der Waals surface area (Å²) in [4.78, 5) is 18.8. The number of nitrogens with one attached hydrogen (secondary N) is 1. The van der Waals surface area contributed by atoms with Gasteiger partial charge < -0.3 is 4.90 Å². The fraction of sp³-hybridized carbons (Fsp3) is 0.350. The highest BCUT2D eigenvalue weighted by molar-refractivity contribution is 7.89. The fourth-order valence-corrected chi connectivity index (χ4v) is 4.47. The number of carbonyl (C=O) groups is 1. The number of nitriles is 1. The molecule has 3 rings (SSSR count). The lowest BCUT2D eigenvalue weighted by Crippen LogP contribution is -2.43. The predicted octanol–water partition coefficient (Wildman–Crippen LogP) is 2.26. The molecule has 0 bridgehead atoms. The number of benzene rings is 1. The van der Waals surface area contributed by atoms with Crippen molar-refractivity contribution in [1.29, 1.82) is 5.26 Å². The van der Waals surface area contributed by atoms with Gasteiger partial charge in [-0.25, -0.2) is 17.8 Å². The van der Waals surface area contributed by atoms with Gasteiger partial charge in [-0.2, -0.15) is 5.26 Å². The van der Waals surface area contributed by atoms with Gasteiger partial charge in [-0.1, -0.05) is 12.1 Å². The van der Waals surface area contributed by atoms with Gasteiger partial charge in [-0.05, 0) is 49.6 Å². The zero-order valence-electron chi connectivity index (χ0n) is 15.9. The van der Waals surface area contributed by atoms with Crippen molar-refractivity contribution < 1.29 is 17.6 Å². The molecule has 2 aromatic rings. The molecular formula is C20H21FN4O3S. The molecule has 1 aromatic carbocycles. The number of halogens is 1. The highest BCUT2D eigenvalue weighted by Crippen LogP contribution is 2.25. The molecule has 9 heteroatoms. The molecule has 1 aliphatic heterocycles. The maximum absolute atomic E-state index is 13.0. The third-order valence-electron chi connectivity index (χ3n) is 4.83. The van der Waals surface area contributed by atoms with Crippen LogP contribution < -0.4 is 9.62 Å². The monoisotopic (exact) mass is 416 g/mol. The summed E-state index contributed by atoms with van der Waals surface area (Å²) in [6, 6.07) is 10.7. The van der Waals surface area contributed by atoms with Crippen LogP contribution in [-0.2, 0) is 20.6 Å². The van der Waals surface area contributed by atoms with E-state index in [2.05, 4.69) is 15.8 Å². The van der Waals surface area contributed by atoms with E-state index in [4.69, 9.17) is 0 Å². The third-order valence-corrected chi connectivity index (χ3v) is 6.05. The number of amides is 1. The first-order chi connectivity index (χ1) is 13.8. The first-order valence-electron chi connectivity index (χ1n) is 9.19. The Kier molecular flexibility index (Phi) is 6.13. The van der Waals surface area contributed by atoms with E-state index in [1.54, 1.807) is 12.1 Å². The van der Waals surface area contributed by atoms with Gasteiger partial charge >= 0.3 is 0 Å². The van der Waals surface area contributed by atoms with Crippen molar-refractivity contribution in [3.8, 4) is 6.07 Å². The maximum Gasteiger partial charge on any atom is 0.239 e. The molecule has 1 aliphatic rings. The number of nitrogens with zero attached hydrogens (tertiary/aromatic N) is 3. The van der Waals surface area contributed by atoms with Crippen LogP contribution in [0.3, 0.4) is 0 Å². The van der Waals surface area contributed by atoms with Gasteiger partial charge in [0.1, 0.15) is 17.7 Å². The Bertz CT molecular complexity index is 1040. The number of piperidine rings is 1. The van der Waals surface area contributed by atoms with Crippen LogP contribution in [0.2, 0.25) is 0 Å². The lowest BCUT2D eigenvalue weighted by molar-refractivity contribution is -0.123. The van der Waals surface area contributed by atoms with Gasteiger partial charge in [0.25, 0.3) is 0 Å². The van der Waals surface area contributed by atoms with Gasteiger partial charge in [0.15, 0.2) is 0 Å². The number of carbonyl (C=O) groups excluding carboxylic acids is 1. The molecule has 0 spiro atoms. The Labute approximate surface area is 169 Å². The zero-order chi connectivity index (χ0) is 21.0. The van der Waals surface area contributed by atoms with E-state index in [1.807, 2.05) is 11.8 Å². The lowest BCUT2D eigenvalue weighted by Gasteiger charge is -2.32. The predicted molar refractivity (Wildman–Crippen MR) is 106 cm³/mol. The van der Waals surface area contributed by atoms with Crippen molar-refractivity contribution in [2.75, 3.05) is 18.0 Å². The quantitative estimate of drug-likeness (QED) is 0.802. The van der Waals surface area contributed by atoms with E-state index in [9.17, 15) is 22.9 Å². The van der Waals surface area contributed by atoms with Crippen molar-refractivity contribution >= 4 is 21.7 Å². The number of pyridine rings is 1. The molecule has 29 heavy (non-hydrogen) atoms. The molecule has 0 radical (unpaired) electrons. The molecule has 1 aromatic heterocycles. The van der Waals surface area contributed by atoms with Crippen LogP contribution in [0, 0.1) is 30.0 Å². The van der Waals surface area contributed by atoms with E-state index in [0.29, 0.717) is 42.9 Å². The van der Waals surface area contributed by atoms with Gasteiger partial charge in [-0.15, -0.1) is 0 Å². The van der Waals surface area contributed by atoms with Gasteiger partial charge in [-0.3, -0.25) is 9.52 Å². The topological polar surface area (TPSA) is 103 Å². The van der Waals surface area contributed by atoms with Crippen LogP contribution in [-0.4, -0.2) is 32.4 Å². The second kappa shape index (κ2) is 8.57. The van der Waals surface area contributed by atoms with Crippen molar-refractivity contribution in [3.05, 3.63) is 59.0 Å². The molecule has 1 fully saturated rings. The number of hydrogen-bond donors (Lipinski definition) is 1. The number of rotatable bonds is 5. The summed E-state index contributed by atoms with van der Waals surface area (Å²) in [5.74, 6) is -1.23. The molecule has 1 saturated heterocycles. The van der Waals surface area contributed by atoms with Gasteiger partial charge in [0.2, 0.25) is 15.9 Å². The second-order valence-corrected chi connectivity index (χ2v) is 8.77. The molecule has 1 N–H and O–H groups in total. The van der Waals surface area contributed by atoms with Crippen molar-refractivity contribution in [2.45, 2.75) is 25.5 Å². The van der Waals surface area contributed by atoms with Crippen molar-refractivity contribution in [2.24, 2.45) is 5.92 Å². The Balaban J connectivity index is 1.59. The number of aromatic nitrogens is 1. The van der Waals surface area contributed by atoms with E-state index in [1.165, 1.54) is 24.3 Å². The molecule has 0 saturated carbocycles. The van der Waals surface area contributed by atoms with Crippen molar-refractivity contribution in [1.82, 2.24) is 9.71 Å². The molecule has 0 aliphatic carbocycles. The normalized spacial score (nSPS) is 15.0. The average Bonchev–Trinajstić information content (AvgIpc) is 2.69. The minimum absolute atomic E-state index is 0.392. The van der Waals surface area contributed by atoms with Crippen LogP contribution in [0.4, 0.5) is 10.2 Å². The SMILES string of the molecule is Cc1ccc(C#N)c(N2CCC(C(=O)NS(=O)(=O)Cc3ccc(F)cc3)CC2)n1. The lowest BCUT2D eigenvalue weighted by atomic mass is 9.96. The van der Waals surface area contributed by atoms with E-state index in [-0.39, 0.29) is 0 Å². The fourth-order valence-electron chi connectivity index (χ4n) is 3.30. The second-order valence-electron chi connectivity index (χ2n) is 7.05. The summed E-state index contributed by atoms with van der Waals surface area (Å²) in [5, 5.41) is 9.28. The van der Waals surface area contributed by atoms with Gasteiger partial charge in [0.05, 0.1) is 11.3 Å². The molecule has 0 atom stereocenters. The molecule has 0 unspecified atom stereocenters. The van der Waals surface area contributed by atoms with E-state index < -0.39 is 33.4 Å². The van der Waals surface area contributed by atoms with E-state index >= 15 is 0 Å². The van der Waals surface area contributed by atoms with Crippen LogP contribution in [0.1, 0.15) is 29.7 Å². The highest BCUT2D eigenvalue weighted by atomic mass is 32.2. The third kappa shape index (κ3) is 5.29. The van der Waals surface area contributed by atoms with Crippen molar-refractivity contribution in [3.63, 3.8) is 0 Å². The summed E-state index contributed by atoms with van der Waals surface area (Å²) in [6.07, 6.45) is 0.913. The van der Waals surface area contributed by atoms with Gasteiger partial charge in [0, 0.05) is 24.7 Å². The number of aryl methyl sites for hydroxylation is 1. The minimum Gasteiger partial charge on any atom is -0.355 e. The molecule has 7 nitrogen and oxygen atoms in total. The average molecular weight is 416 g/mol. The largest absolute Gasteiger partial charge is 0.355 e. The number of anilines is 1. The van der Waals surface area contributed by atoms with Crippen LogP contribution >= 0.6 is 0 Å². The minimum atomic E-state index is -3.87. The first kappa shape index (κ1) is 20.7. The van der Waals surface area contributed by atoms with Crippen LogP contribution in [0.5, 0.6) is 0 Å². The Morgan fingerprint density at radius 3 is 2.52 bits per heavy atom. The van der Waals surface area contributed by atoms with Crippen LogP contribution in [0.25, 0.3) is 0 Å². The summed E-state index contributed by atoms with van der Waals surface area (Å²) in [6.45, 7) is 2.85. The summed E-state index contributed by atoms with van der Waals surface area (Å²) in [7, 11) is -3.87. The molecule has 1 amide bonds. The Morgan fingerprint density at radius 2 is 1.90 bits per heavy atom. The zero-order valence-corrected chi connectivity index (χ0v) is 16.7. The first-order valence-corrected chi connectivity index (χ1v) is 10.8. The molecule has 152 valence electrons. The Hall–Kier alpha value is -2.99. The molecule has 2 heterocycles. The highest BCUT2D eigenvalue weighted by Gasteiger charge is 2.29.